The molecule has 1 N–H and O–H groups in total. The van der Waals surface area contributed by atoms with Gasteiger partial charge in [0.2, 0.25) is 5.75 Å². The zero-order valence-electron chi connectivity index (χ0n) is 10.7. The molecule has 0 aliphatic carbocycles. The Labute approximate surface area is 118 Å². The molecule has 0 aliphatic heterocycles. The van der Waals surface area contributed by atoms with E-state index in [0.717, 1.165) is 18.2 Å². The van der Waals surface area contributed by atoms with Gasteiger partial charge in [-0.15, -0.1) is 0 Å². The summed E-state index contributed by atoms with van der Waals surface area (Å²) in [5, 5.41) is 19.5. The van der Waals surface area contributed by atoms with Gasteiger partial charge < -0.3 is 9.84 Å². The van der Waals surface area contributed by atoms with E-state index in [4.69, 9.17) is 9.84 Å². The second-order valence-electron chi connectivity index (χ2n) is 4.19. The number of benzene rings is 2. The van der Waals surface area contributed by atoms with Crippen LogP contribution in [0.4, 0.5) is 10.1 Å². The molecule has 0 aliphatic rings. The van der Waals surface area contributed by atoms with Gasteiger partial charge in [0.15, 0.2) is 0 Å². The predicted octanol–water partition coefficient (Wildman–Crippen LogP) is 3.15. The summed E-state index contributed by atoms with van der Waals surface area (Å²) in [6, 6.07) is 8.89. The maximum Gasteiger partial charge on any atom is 0.311 e. The van der Waals surface area contributed by atoms with E-state index in [1.807, 2.05) is 0 Å². The smallest absolute Gasteiger partial charge is 0.311 e. The minimum absolute atomic E-state index is 0.138. The van der Waals surface area contributed by atoms with Crippen molar-refractivity contribution in [1.29, 1.82) is 0 Å². The van der Waals surface area contributed by atoms with Gasteiger partial charge in [0.05, 0.1) is 11.3 Å². The molecule has 0 unspecified atom stereocenters. The molecule has 0 fully saturated rings. The van der Waals surface area contributed by atoms with Crippen LogP contribution in [0.2, 0.25) is 0 Å². The molecular formula is C14H10FNO5. The Bertz CT molecular complexity index is 684. The van der Waals surface area contributed by atoms with Crippen LogP contribution in [0.15, 0.2) is 42.5 Å². The molecule has 21 heavy (non-hydrogen) atoms. The molecule has 2 aromatic carbocycles. The van der Waals surface area contributed by atoms with Crippen molar-refractivity contribution < 1.29 is 24.0 Å². The highest BCUT2D eigenvalue weighted by atomic mass is 19.1. The van der Waals surface area contributed by atoms with E-state index in [9.17, 15) is 19.3 Å². The minimum Gasteiger partial charge on any atom is -0.481 e. The van der Waals surface area contributed by atoms with Gasteiger partial charge in [0.1, 0.15) is 11.6 Å². The molecule has 108 valence electrons. The van der Waals surface area contributed by atoms with Crippen LogP contribution in [-0.2, 0) is 11.2 Å². The number of nitro groups is 1. The molecule has 2 rings (SSSR count). The number of nitrogens with zero attached hydrogens (tertiary/aromatic N) is 1. The van der Waals surface area contributed by atoms with Crippen LogP contribution in [0.5, 0.6) is 11.5 Å². The first-order chi connectivity index (χ1) is 9.95. The van der Waals surface area contributed by atoms with Crippen molar-refractivity contribution in [1.82, 2.24) is 0 Å². The molecule has 0 atom stereocenters. The van der Waals surface area contributed by atoms with Gasteiger partial charge in [-0.2, -0.15) is 0 Å². The fraction of sp³-hybridized carbons (Fsp3) is 0.0714. The quantitative estimate of drug-likeness (QED) is 0.675. The molecule has 7 heteroatoms. The lowest BCUT2D eigenvalue weighted by Gasteiger charge is -2.07. The minimum atomic E-state index is -0.968. The number of nitro benzene ring substituents is 1. The maximum absolute atomic E-state index is 13.2. The monoisotopic (exact) mass is 291 g/mol. The predicted molar refractivity (Wildman–Crippen MR) is 70.9 cm³/mol. The van der Waals surface area contributed by atoms with Crippen molar-refractivity contribution in [2.45, 2.75) is 6.42 Å². The number of ether oxygens (including phenoxy) is 1. The summed E-state index contributed by atoms with van der Waals surface area (Å²) < 4.78 is 18.4. The highest BCUT2D eigenvalue weighted by Crippen LogP contribution is 2.31. The van der Waals surface area contributed by atoms with Gasteiger partial charge in [0.25, 0.3) is 0 Å². The molecule has 0 heterocycles. The number of rotatable bonds is 5. The molecule has 2 aromatic rings. The van der Waals surface area contributed by atoms with Crippen molar-refractivity contribution in [3.63, 3.8) is 0 Å². The number of carboxylic acid groups (broad SMARTS) is 1. The normalized spacial score (nSPS) is 10.1. The second kappa shape index (κ2) is 6.00. The zero-order chi connectivity index (χ0) is 15.4. The van der Waals surface area contributed by atoms with Crippen molar-refractivity contribution in [2.24, 2.45) is 0 Å². The van der Waals surface area contributed by atoms with Crippen LogP contribution >= 0.6 is 0 Å². The number of hydrogen-bond acceptors (Lipinski definition) is 4. The Balaban J connectivity index is 2.23. The third-order valence-corrected chi connectivity index (χ3v) is 2.63. The fourth-order valence-electron chi connectivity index (χ4n) is 1.70. The first-order valence-corrected chi connectivity index (χ1v) is 5.88. The lowest BCUT2D eigenvalue weighted by molar-refractivity contribution is -0.385. The topological polar surface area (TPSA) is 89.7 Å². The van der Waals surface area contributed by atoms with Crippen molar-refractivity contribution in [3.8, 4) is 11.5 Å². The van der Waals surface area contributed by atoms with E-state index in [-0.39, 0.29) is 23.6 Å². The number of carboxylic acids is 1. The van der Waals surface area contributed by atoms with Gasteiger partial charge in [-0.1, -0.05) is 12.1 Å². The summed E-state index contributed by atoms with van der Waals surface area (Å²) in [5.41, 5.74) is 0.203. The van der Waals surface area contributed by atoms with Gasteiger partial charge >= 0.3 is 11.7 Å². The Hall–Kier alpha value is -2.96. The van der Waals surface area contributed by atoms with Crippen molar-refractivity contribution >= 4 is 11.7 Å². The SMILES string of the molecule is O=C(O)Cc1ccc(Oc2cc(F)ccc2[N+](=O)[O-])cc1. The number of halogens is 1. The molecule has 0 amide bonds. The summed E-state index contributed by atoms with van der Waals surface area (Å²) in [7, 11) is 0. The van der Waals surface area contributed by atoms with Gasteiger partial charge in [-0.3, -0.25) is 14.9 Å². The van der Waals surface area contributed by atoms with Crippen molar-refractivity contribution in [3.05, 3.63) is 64.0 Å². The summed E-state index contributed by atoms with van der Waals surface area (Å²) in [6.45, 7) is 0. The first kappa shape index (κ1) is 14.4. The van der Waals surface area contributed by atoms with E-state index in [2.05, 4.69) is 0 Å². The maximum atomic E-state index is 13.2. The second-order valence-corrected chi connectivity index (χ2v) is 4.19. The van der Waals surface area contributed by atoms with Crippen LogP contribution in [0.1, 0.15) is 5.56 Å². The average molecular weight is 291 g/mol. The highest BCUT2D eigenvalue weighted by Gasteiger charge is 2.16. The standard InChI is InChI=1S/C14H10FNO5/c15-10-3-6-12(16(19)20)13(8-10)21-11-4-1-9(2-5-11)7-14(17)18/h1-6,8H,7H2,(H,17,18). The largest absolute Gasteiger partial charge is 0.481 e. The number of hydrogen-bond donors (Lipinski definition) is 1. The molecular weight excluding hydrogens is 281 g/mol. The lowest BCUT2D eigenvalue weighted by atomic mass is 10.1. The number of carbonyl (C=O) groups is 1. The van der Waals surface area contributed by atoms with Crippen LogP contribution < -0.4 is 4.74 Å². The third-order valence-electron chi connectivity index (χ3n) is 2.63. The number of aliphatic carboxylic acids is 1. The van der Waals surface area contributed by atoms with E-state index >= 15 is 0 Å². The van der Waals surface area contributed by atoms with Crippen LogP contribution in [0, 0.1) is 15.9 Å². The highest BCUT2D eigenvalue weighted by molar-refractivity contribution is 5.70. The molecule has 0 saturated heterocycles. The lowest BCUT2D eigenvalue weighted by Crippen LogP contribution is -1.99. The van der Waals surface area contributed by atoms with Gasteiger partial charge in [-0.05, 0) is 23.8 Å². The van der Waals surface area contributed by atoms with E-state index in [1.165, 1.54) is 24.3 Å². The molecule has 6 nitrogen and oxygen atoms in total. The van der Waals surface area contributed by atoms with E-state index in [1.54, 1.807) is 0 Å². The summed E-state index contributed by atoms with van der Waals surface area (Å²) in [5.74, 6) is -1.59. The van der Waals surface area contributed by atoms with Crippen molar-refractivity contribution in [2.75, 3.05) is 0 Å². The summed E-state index contributed by atoms with van der Waals surface area (Å²) in [6.07, 6.45) is -0.138. The summed E-state index contributed by atoms with van der Waals surface area (Å²) in [4.78, 5) is 20.7. The molecule has 0 spiro atoms. The van der Waals surface area contributed by atoms with Gasteiger partial charge in [-0.25, -0.2) is 4.39 Å². The zero-order valence-corrected chi connectivity index (χ0v) is 10.7. The van der Waals surface area contributed by atoms with Crippen LogP contribution in [0.3, 0.4) is 0 Å². The fourth-order valence-corrected chi connectivity index (χ4v) is 1.70. The Morgan fingerprint density at radius 3 is 2.48 bits per heavy atom. The third kappa shape index (κ3) is 3.75. The average Bonchev–Trinajstić information content (AvgIpc) is 2.40. The Morgan fingerprint density at radius 1 is 1.24 bits per heavy atom. The molecule has 0 aromatic heterocycles. The Morgan fingerprint density at radius 2 is 1.90 bits per heavy atom. The Kier molecular flexibility index (Phi) is 4.13. The van der Waals surface area contributed by atoms with Crippen LogP contribution in [-0.4, -0.2) is 16.0 Å². The van der Waals surface area contributed by atoms with Crippen LogP contribution in [0.25, 0.3) is 0 Å². The van der Waals surface area contributed by atoms with E-state index < -0.39 is 16.7 Å². The summed E-state index contributed by atoms with van der Waals surface area (Å²) >= 11 is 0. The van der Waals surface area contributed by atoms with E-state index in [0.29, 0.717) is 5.56 Å². The first-order valence-electron chi connectivity index (χ1n) is 5.88. The molecule has 0 saturated carbocycles. The molecule has 0 bridgehead atoms. The van der Waals surface area contributed by atoms with Gasteiger partial charge in [0, 0.05) is 12.1 Å². The molecule has 0 radical (unpaired) electrons.